The number of likely N-dealkylation sites (tertiary alicyclic amines) is 1. The van der Waals surface area contributed by atoms with E-state index in [9.17, 15) is 14.4 Å². The van der Waals surface area contributed by atoms with Crippen molar-refractivity contribution < 1.29 is 9.53 Å². The summed E-state index contributed by atoms with van der Waals surface area (Å²) in [6, 6.07) is 17.1. The van der Waals surface area contributed by atoms with Crippen LogP contribution in [0.15, 0.2) is 64.2 Å². The van der Waals surface area contributed by atoms with Crippen molar-refractivity contribution in [2.45, 2.75) is 25.8 Å². The molecule has 31 heavy (non-hydrogen) atoms. The molecule has 1 aliphatic heterocycles. The maximum atomic E-state index is 12.8. The van der Waals surface area contributed by atoms with Crippen LogP contribution >= 0.6 is 0 Å². The van der Waals surface area contributed by atoms with Gasteiger partial charge in [-0.05, 0) is 43.5 Å². The van der Waals surface area contributed by atoms with Crippen LogP contribution < -0.4 is 11.2 Å². The molecule has 0 saturated carbocycles. The van der Waals surface area contributed by atoms with E-state index in [1.165, 1.54) is 4.57 Å². The number of fused-ring (bicyclic) bond motifs is 1. The molecule has 0 aliphatic carbocycles. The minimum absolute atomic E-state index is 0.100. The standard InChI is InChI=1S/C24H27N3O4/c1-2-31-23(29)20-16-26(13-12-18(20)17-8-4-3-5-9-17)14-15-27-22(28)19-10-6-7-11-21(19)25-24(27)30/h3-11,18,20H,2,12-16H2,1H3,(H,25,30). The van der Waals surface area contributed by atoms with Gasteiger partial charge in [0.15, 0.2) is 0 Å². The number of rotatable bonds is 6. The second-order valence-electron chi connectivity index (χ2n) is 7.90. The first kappa shape index (κ1) is 21.1. The Morgan fingerprint density at radius 2 is 1.81 bits per heavy atom. The number of nitrogens with one attached hydrogen (secondary N) is 1. The fraction of sp³-hybridized carbons (Fsp3) is 0.375. The van der Waals surface area contributed by atoms with E-state index in [4.69, 9.17) is 4.74 Å². The first-order chi connectivity index (χ1) is 15.1. The number of carbonyl (C=O) groups is 1. The van der Waals surface area contributed by atoms with E-state index >= 15 is 0 Å². The summed E-state index contributed by atoms with van der Waals surface area (Å²) >= 11 is 0. The summed E-state index contributed by atoms with van der Waals surface area (Å²) in [5.74, 6) is -0.368. The quantitative estimate of drug-likeness (QED) is 0.618. The predicted octanol–water partition coefficient (Wildman–Crippen LogP) is 2.36. The summed E-state index contributed by atoms with van der Waals surface area (Å²) in [5, 5.41) is 0.495. The Labute approximate surface area is 180 Å². The Hall–Kier alpha value is -3.19. The second kappa shape index (κ2) is 9.31. The van der Waals surface area contributed by atoms with Gasteiger partial charge in [0.2, 0.25) is 0 Å². The smallest absolute Gasteiger partial charge is 0.328 e. The highest BCUT2D eigenvalue weighted by molar-refractivity contribution is 5.77. The minimum atomic E-state index is -0.412. The van der Waals surface area contributed by atoms with Crippen molar-refractivity contribution in [3.63, 3.8) is 0 Å². The monoisotopic (exact) mass is 421 g/mol. The van der Waals surface area contributed by atoms with Gasteiger partial charge < -0.3 is 14.6 Å². The van der Waals surface area contributed by atoms with Gasteiger partial charge in [-0.3, -0.25) is 14.2 Å². The summed E-state index contributed by atoms with van der Waals surface area (Å²) in [7, 11) is 0. The SMILES string of the molecule is CCOC(=O)C1CN(CCn2c(=O)[nH]c3ccccc3c2=O)CCC1c1ccccc1. The van der Waals surface area contributed by atoms with Gasteiger partial charge in [0, 0.05) is 19.6 Å². The van der Waals surface area contributed by atoms with Crippen molar-refractivity contribution in [1.82, 2.24) is 14.5 Å². The van der Waals surface area contributed by atoms with E-state index in [0.29, 0.717) is 30.6 Å². The number of carbonyl (C=O) groups excluding carboxylic acids is 1. The first-order valence-corrected chi connectivity index (χ1v) is 10.7. The maximum absolute atomic E-state index is 12.8. The molecule has 2 aromatic carbocycles. The molecule has 0 bridgehead atoms. The average Bonchev–Trinajstić information content (AvgIpc) is 2.79. The molecule has 2 unspecified atom stereocenters. The fourth-order valence-corrected chi connectivity index (χ4v) is 4.45. The summed E-state index contributed by atoms with van der Waals surface area (Å²) in [6.45, 7) is 4.27. The molecule has 1 aliphatic rings. The lowest BCUT2D eigenvalue weighted by molar-refractivity contribution is -0.150. The van der Waals surface area contributed by atoms with Crippen molar-refractivity contribution in [2.24, 2.45) is 5.92 Å². The van der Waals surface area contributed by atoms with Gasteiger partial charge in [0.05, 0.1) is 23.4 Å². The third-order valence-corrected chi connectivity index (χ3v) is 6.04. The topological polar surface area (TPSA) is 84.4 Å². The molecule has 0 radical (unpaired) electrons. The van der Waals surface area contributed by atoms with Gasteiger partial charge in [-0.15, -0.1) is 0 Å². The molecule has 7 heteroatoms. The van der Waals surface area contributed by atoms with Crippen LogP contribution in [0.5, 0.6) is 0 Å². The number of para-hydroxylation sites is 1. The van der Waals surface area contributed by atoms with Crippen LogP contribution in [0.2, 0.25) is 0 Å². The lowest BCUT2D eigenvalue weighted by Crippen LogP contribution is -2.46. The molecule has 3 aromatic rings. The zero-order valence-corrected chi connectivity index (χ0v) is 17.6. The Morgan fingerprint density at radius 1 is 1.06 bits per heavy atom. The number of hydrogen-bond acceptors (Lipinski definition) is 5. The van der Waals surface area contributed by atoms with Gasteiger partial charge in [0.25, 0.3) is 5.56 Å². The first-order valence-electron chi connectivity index (χ1n) is 10.7. The van der Waals surface area contributed by atoms with E-state index in [0.717, 1.165) is 18.5 Å². The van der Waals surface area contributed by atoms with Crippen LogP contribution in [0, 0.1) is 5.92 Å². The van der Waals surface area contributed by atoms with Gasteiger partial charge in [-0.2, -0.15) is 0 Å². The van der Waals surface area contributed by atoms with Crippen LogP contribution in [-0.2, 0) is 16.1 Å². The number of H-pyrrole nitrogens is 1. The molecular formula is C24H27N3O4. The summed E-state index contributed by atoms with van der Waals surface area (Å²) in [5.41, 5.74) is 0.979. The van der Waals surface area contributed by atoms with E-state index in [-0.39, 0.29) is 29.9 Å². The third kappa shape index (κ3) is 4.46. The number of esters is 1. The van der Waals surface area contributed by atoms with Crippen LogP contribution in [0.25, 0.3) is 10.9 Å². The predicted molar refractivity (Wildman–Crippen MR) is 119 cm³/mol. The van der Waals surface area contributed by atoms with Crippen molar-refractivity contribution in [3.8, 4) is 0 Å². The molecule has 1 aromatic heterocycles. The van der Waals surface area contributed by atoms with Gasteiger partial charge in [-0.25, -0.2) is 4.79 Å². The Balaban J connectivity index is 1.51. The van der Waals surface area contributed by atoms with E-state index < -0.39 is 5.69 Å². The molecule has 7 nitrogen and oxygen atoms in total. The van der Waals surface area contributed by atoms with Crippen molar-refractivity contribution >= 4 is 16.9 Å². The zero-order valence-electron chi connectivity index (χ0n) is 17.6. The molecule has 2 atom stereocenters. The average molecular weight is 421 g/mol. The number of aromatic nitrogens is 2. The molecule has 2 heterocycles. The maximum Gasteiger partial charge on any atom is 0.328 e. The number of piperidine rings is 1. The highest BCUT2D eigenvalue weighted by atomic mass is 16.5. The molecule has 0 amide bonds. The van der Waals surface area contributed by atoms with Crippen molar-refractivity contribution in [3.05, 3.63) is 81.0 Å². The highest BCUT2D eigenvalue weighted by Crippen LogP contribution is 2.33. The Kier molecular flexibility index (Phi) is 6.32. The normalized spacial score (nSPS) is 19.4. The highest BCUT2D eigenvalue weighted by Gasteiger charge is 2.36. The van der Waals surface area contributed by atoms with Crippen molar-refractivity contribution in [1.29, 1.82) is 0 Å². The number of aromatic amines is 1. The van der Waals surface area contributed by atoms with E-state index in [1.807, 2.05) is 25.1 Å². The van der Waals surface area contributed by atoms with Gasteiger partial charge in [-0.1, -0.05) is 42.5 Å². The van der Waals surface area contributed by atoms with Gasteiger partial charge in [0.1, 0.15) is 0 Å². The van der Waals surface area contributed by atoms with E-state index in [2.05, 4.69) is 22.0 Å². The fourth-order valence-electron chi connectivity index (χ4n) is 4.45. The molecular weight excluding hydrogens is 394 g/mol. The number of ether oxygens (including phenoxy) is 1. The van der Waals surface area contributed by atoms with Crippen LogP contribution in [0.1, 0.15) is 24.8 Å². The van der Waals surface area contributed by atoms with Crippen LogP contribution in [0.4, 0.5) is 0 Å². The lowest BCUT2D eigenvalue weighted by Gasteiger charge is -2.37. The summed E-state index contributed by atoms with van der Waals surface area (Å²) < 4.78 is 6.60. The zero-order chi connectivity index (χ0) is 21.8. The number of nitrogens with zero attached hydrogens (tertiary/aromatic N) is 2. The van der Waals surface area contributed by atoms with Crippen LogP contribution in [0.3, 0.4) is 0 Å². The molecule has 1 fully saturated rings. The van der Waals surface area contributed by atoms with Gasteiger partial charge >= 0.3 is 11.7 Å². The molecule has 4 rings (SSSR count). The van der Waals surface area contributed by atoms with Crippen molar-refractivity contribution in [2.75, 3.05) is 26.2 Å². The summed E-state index contributed by atoms with van der Waals surface area (Å²) in [4.78, 5) is 42.8. The molecule has 1 N–H and O–H groups in total. The molecule has 1 saturated heterocycles. The molecule has 0 spiro atoms. The van der Waals surface area contributed by atoms with Crippen LogP contribution in [-0.4, -0.2) is 46.7 Å². The Bertz CT molecular complexity index is 1170. The largest absolute Gasteiger partial charge is 0.466 e. The minimum Gasteiger partial charge on any atom is -0.466 e. The number of hydrogen-bond donors (Lipinski definition) is 1. The summed E-state index contributed by atoms with van der Waals surface area (Å²) in [6.07, 6.45) is 0.816. The Morgan fingerprint density at radius 3 is 2.58 bits per heavy atom. The molecule has 162 valence electrons. The third-order valence-electron chi connectivity index (χ3n) is 6.04. The number of benzene rings is 2. The second-order valence-corrected chi connectivity index (χ2v) is 7.90. The lowest BCUT2D eigenvalue weighted by atomic mass is 9.80. The van der Waals surface area contributed by atoms with E-state index in [1.54, 1.807) is 24.3 Å².